The molecule has 398 valence electrons. The lowest BCUT2D eigenvalue weighted by molar-refractivity contribution is -0.167. The molecule has 0 aliphatic carbocycles. The molecule has 6 nitrogen and oxygen atoms in total. The Morgan fingerprint density at radius 2 is 0.522 bits per heavy atom. The molecular weight excluding hydrogens is 829 g/mol. The van der Waals surface area contributed by atoms with E-state index in [0.29, 0.717) is 19.3 Å². The summed E-state index contributed by atoms with van der Waals surface area (Å²) in [5, 5.41) is 0. The first kappa shape index (κ1) is 65.4. The second kappa shape index (κ2) is 53.8. The lowest BCUT2D eigenvalue weighted by Gasteiger charge is -2.18. The first-order chi connectivity index (χ1) is 32.8. The van der Waals surface area contributed by atoms with Crippen LogP contribution in [0.2, 0.25) is 0 Å². The molecule has 67 heavy (non-hydrogen) atoms. The van der Waals surface area contributed by atoms with Gasteiger partial charge in [-0.1, -0.05) is 304 Å². The summed E-state index contributed by atoms with van der Waals surface area (Å²) in [6.07, 6.45) is 58.0. The standard InChI is InChI=1S/C61H118O6/c1-6-9-10-11-12-13-14-21-25-31-36-41-46-51-59(62)65-54-58(55-66-60(63)52-47-42-37-32-28-27-30-35-40-45-50-57(5)8-3)67-61(64)53-48-43-38-33-26-23-20-18-16-15-17-19-22-24-29-34-39-44-49-56(4)7-2/h56-58H,6-55H2,1-5H3/t56?,57?,58-/m0/s1. The average Bonchev–Trinajstić information content (AvgIpc) is 3.33. The van der Waals surface area contributed by atoms with Gasteiger partial charge in [-0.25, -0.2) is 0 Å². The molecule has 0 aromatic heterocycles. The minimum absolute atomic E-state index is 0.0625. The van der Waals surface area contributed by atoms with E-state index >= 15 is 0 Å². The second-order valence-electron chi connectivity index (χ2n) is 21.5. The van der Waals surface area contributed by atoms with Crippen molar-refractivity contribution in [1.82, 2.24) is 0 Å². The third-order valence-electron chi connectivity index (χ3n) is 14.7. The predicted octanol–water partition coefficient (Wildman–Crippen LogP) is 20.0. The average molecular weight is 948 g/mol. The van der Waals surface area contributed by atoms with Crippen LogP contribution >= 0.6 is 0 Å². The Balaban J connectivity index is 4.25. The highest BCUT2D eigenvalue weighted by Crippen LogP contribution is 2.19. The summed E-state index contributed by atoms with van der Waals surface area (Å²) in [5.41, 5.74) is 0. The Kier molecular flexibility index (Phi) is 52.5. The van der Waals surface area contributed by atoms with E-state index in [1.807, 2.05) is 0 Å². The molecule has 0 saturated carbocycles. The van der Waals surface area contributed by atoms with Gasteiger partial charge in [-0.05, 0) is 31.1 Å². The van der Waals surface area contributed by atoms with E-state index in [4.69, 9.17) is 14.2 Å². The molecule has 0 bridgehead atoms. The first-order valence-corrected chi connectivity index (χ1v) is 30.3. The highest BCUT2D eigenvalue weighted by molar-refractivity contribution is 5.71. The van der Waals surface area contributed by atoms with Gasteiger partial charge in [0.15, 0.2) is 6.10 Å². The van der Waals surface area contributed by atoms with Crippen molar-refractivity contribution in [3.63, 3.8) is 0 Å². The van der Waals surface area contributed by atoms with E-state index in [2.05, 4.69) is 34.6 Å². The fourth-order valence-corrected chi connectivity index (χ4v) is 9.34. The lowest BCUT2D eigenvalue weighted by Crippen LogP contribution is -2.30. The van der Waals surface area contributed by atoms with Gasteiger partial charge >= 0.3 is 17.9 Å². The van der Waals surface area contributed by atoms with Gasteiger partial charge in [0.2, 0.25) is 0 Å². The lowest BCUT2D eigenvalue weighted by atomic mass is 9.99. The van der Waals surface area contributed by atoms with Gasteiger partial charge in [0.05, 0.1) is 0 Å². The molecule has 6 heteroatoms. The molecule has 0 fully saturated rings. The topological polar surface area (TPSA) is 78.9 Å². The molecule has 0 aromatic carbocycles. The summed E-state index contributed by atoms with van der Waals surface area (Å²) < 4.78 is 16.9. The predicted molar refractivity (Wildman–Crippen MR) is 289 cm³/mol. The molecule has 0 amide bonds. The molecule has 2 unspecified atom stereocenters. The molecule has 0 heterocycles. The largest absolute Gasteiger partial charge is 0.462 e. The van der Waals surface area contributed by atoms with Crippen LogP contribution in [0.25, 0.3) is 0 Å². The normalized spacial score (nSPS) is 12.9. The van der Waals surface area contributed by atoms with E-state index in [9.17, 15) is 14.4 Å². The van der Waals surface area contributed by atoms with Crippen molar-refractivity contribution >= 4 is 17.9 Å². The van der Waals surface area contributed by atoms with E-state index in [1.54, 1.807) is 0 Å². The Bertz CT molecular complexity index is 1030. The van der Waals surface area contributed by atoms with Crippen LogP contribution in [0.15, 0.2) is 0 Å². The monoisotopic (exact) mass is 947 g/mol. The maximum atomic E-state index is 12.9. The zero-order chi connectivity index (χ0) is 48.9. The number of hydrogen-bond donors (Lipinski definition) is 0. The number of carbonyl (C=O) groups is 3. The number of esters is 3. The van der Waals surface area contributed by atoms with Crippen molar-refractivity contribution in [3.05, 3.63) is 0 Å². The zero-order valence-electron chi connectivity index (χ0n) is 46.0. The van der Waals surface area contributed by atoms with E-state index in [0.717, 1.165) is 69.6 Å². The van der Waals surface area contributed by atoms with E-state index < -0.39 is 6.10 Å². The van der Waals surface area contributed by atoms with Crippen molar-refractivity contribution in [2.75, 3.05) is 13.2 Å². The number of unbranched alkanes of at least 4 members (excludes halogenated alkanes) is 38. The third kappa shape index (κ3) is 52.1. The number of carbonyl (C=O) groups excluding carboxylic acids is 3. The first-order valence-electron chi connectivity index (χ1n) is 30.3. The Morgan fingerprint density at radius 3 is 0.776 bits per heavy atom. The molecular formula is C61H118O6. The Hall–Kier alpha value is -1.59. The summed E-state index contributed by atoms with van der Waals surface area (Å²) in [7, 11) is 0. The van der Waals surface area contributed by atoms with Gasteiger partial charge in [-0.2, -0.15) is 0 Å². The van der Waals surface area contributed by atoms with Crippen molar-refractivity contribution < 1.29 is 28.6 Å². The van der Waals surface area contributed by atoms with Gasteiger partial charge in [0.1, 0.15) is 13.2 Å². The molecule has 0 aliphatic rings. The zero-order valence-corrected chi connectivity index (χ0v) is 46.0. The molecule has 0 rings (SSSR count). The molecule has 0 saturated heterocycles. The van der Waals surface area contributed by atoms with Crippen molar-refractivity contribution in [1.29, 1.82) is 0 Å². The van der Waals surface area contributed by atoms with Gasteiger partial charge in [-0.15, -0.1) is 0 Å². The van der Waals surface area contributed by atoms with Crippen molar-refractivity contribution in [2.24, 2.45) is 11.8 Å². The fourth-order valence-electron chi connectivity index (χ4n) is 9.34. The molecule has 0 spiro atoms. The van der Waals surface area contributed by atoms with Gasteiger partial charge in [-0.3, -0.25) is 14.4 Å². The smallest absolute Gasteiger partial charge is 0.306 e. The highest BCUT2D eigenvalue weighted by Gasteiger charge is 2.19. The minimum atomic E-state index is -0.763. The maximum absolute atomic E-state index is 12.9. The summed E-state index contributed by atoms with van der Waals surface area (Å²) in [5.74, 6) is 0.942. The number of rotatable bonds is 55. The van der Waals surface area contributed by atoms with Crippen LogP contribution in [-0.4, -0.2) is 37.2 Å². The second-order valence-corrected chi connectivity index (χ2v) is 21.5. The van der Waals surface area contributed by atoms with Crippen LogP contribution in [-0.2, 0) is 28.6 Å². The van der Waals surface area contributed by atoms with Crippen LogP contribution < -0.4 is 0 Å². The van der Waals surface area contributed by atoms with Crippen LogP contribution in [0.3, 0.4) is 0 Å². The molecule has 0 N–H and O–H groups in total. The Labute approximate surface area is 418 Å². The van der Waals surface area contributed by atoms with Gasteiger partial charge < -0.3 is 14.2 Å². The maximum Gasteiger partial charge on any atom is 0.306 e. The molecule has 0 aromatic rings. The summed E-state index contributed by atoms with van der Waals surface area (Å²) in [4.78, 5) is 38.2. The van der Waals surface area contributed by atoms with Crippen LogP contribution in [0.1, 0.15) is 343 Å². The minimum Gasteiger partial charge on any atom is -0.462 e. The van der Waals surface area contributed by atoms with Crippen LogP contribution in [0.4, 0.5) is 0 Å². The Morgan fingerprint density at radius 1 is 0.299 bits per heavy atom. The highest BCUT2D eigenvalue weighted by atomic mass is 16.6. The van der Waals surface area contributed by atoms with Gasteiger partial charge in [0, 0.05) is 19.3 Å². The SMILES string of the molecule is CCCCCCCCCCCCCCCC(=O)OC[C@@H](COC(=O)CCCCCCCCCCCCC(C)CC)OC(=O)CCCCCCCCCCCCCCCCCCCCC(C)CC. The summed E-state index contributed by atoms with van der Waals surface area (Å²) in [6.45, 7) is 11.5. The van der Waals surface area contributed by atoms with E-state index in [1.165, 1.54) is 231 Å². The molecule has 3 atom stereocenters. The van der Waals surface area contributed by atoms with E-state index in [-0.39, 0.29) is 31.1 Å². The van der Waals surface area contributed by atoms with Gasteiger partial charge in [0.25, 0.3) is 0 Å². The van der Waals surface area contributed by atoms with Crippen molar-refractivity contribution in [3.8, 4) is 0 Å². The summed E-state index contributed by atoms with van der Waals surface area (Å²) >= 11 is 0. The third-order valence-corrected chi connectivity index (χ3v) is 14.7. The molecule has 0 radical (unpaired) electrons. The number of ether oxygens (including phenoxy) is 3. The quantitative estimate of drug-likeness (QED) is 0.0343. The summed E-state index contributed by atoms with van der Waals surface area (Å²) in [6, 6.07) is 0. The fraction of sp³-hybridized carbons (Fsp3) is 0.951. The van der Waals surface area contributed by atoms with Crippen LogP contribution in [0, 0.1) is 11.8 Å². The van der Waals surface area contributed by atoms with Crippen LogP contribution in [0.5, 0.6) is 0 Å². The number of hydrogen-bond acceptors (Lipinski definition) is 6. The van der Waals surface area contributed by atoms with Crippen molar-refractivity contribution in [2.45, 2.75) is 349 Å². The molecule has 0 aliphatic heterocycles.